The minimum atomic E-state index is -0.168. The van der Waals surface area contributed by atoms with Crippen LogP contribution in [0.1, 0.15) is 27.2 Å². The third kappa shape index (κ3) is 2.81. The first kappa shape index (κ1) is 10.3. The van der Waals surface area contributed by atoms with E-state index in [1.165, 1.54) is 0 Å². The van der Waals surface area contributed by atoms with Crippen LogP contribution in [0.2, 0.25) is 0 Å². The third-order valence-electron chi connectivity index (χ3n) is 2.13. The second kappa shape index (κ2) is 4.25. The van der Waals surface area contributed by atoms with Crippen LogP contribution in [0, 0.1) is 23.3 Å². The SMILES string of the molecule is CCC(CO)C(C)(C)C#CN. The van der Waals surface area contributed by atoms with Crippen molar-refractivity contribution in [1.29, 1.82) is 0 Å². The van der Waals surface area contributed by atoms with Crippen molar-refractivity contribution < 1.29 is 5.11 Å². The van der Waals surface area contributed by atoms with Gasteiger partial charge in [-0.25, -0.2) is 0 Å². The summed E-state index contributed by atoms with van der Waals surface area (Å²) in [5.41, 5.74) is 4.95. The fourth-order valence-corrected chi connectivity index (χ4v) is 1.16. The average molecular weight is 155 g/mol. The minimum Gasteiger partial charge on any atom is -0.396 e. The van der Waals surface area contributed by atoms with Crippen LogP contribution in [-0.4, -0.2) is 11.7 Å². The van der Waals surface area contributed by atoms with Crippen molar-refractivity contribution in [2.75, 3.05) is 6.61 Å². The summed E-state index contributed by atoms with van der Waals surface area (Å²) < 4.78 is 0. The lowest BCUT2D eigenvalue weighted by molar-refractivity contribution is 0.152. The van der Waals surface area contributed by atoms with Crippen LogP contribution < -0.4 is 5.73 Å². The van der Waals surface area contributed by atoms with E-state index in [-0.39, 0.29) is 17.9 Å². The first-order valence-electron chi connectivity index (χ1n) is 3.92. The number of rotatable bonds is 3. The molecule has 0 saturated carbocycles. The zero-order chi connectivity index (χ0) is 8.91. The summed E-state index contributed by atoms with van der Waals surface area (Å²) in [7, 11) is 0. The number of nitrogens with two attached hydrogens (primary N) is 1. The van der Waals surface area contributed by atoms with Gasteiger partial charge in [-0.1, -0.05) is 12.8 Å². The molecule has 64 valence electrons. The van der Waals surface area contributed by atoms with Gasteiger partial charge in [0.25, 0.3) is 0 Å². The molecule has 0 spiro atoms. The van der Waals surface area contributed by atoms with Gasteiger partial charge in [-0.3, -0.25) is 0 Å². The molecule has 0 fully saturated rings. The molecule has 0 aromatic heterocycles. The quantitative estimate of drug-likeness (QED) is 0.471. The van der Waals surface area contributed by atoms with E-state index in [4.69, 9.17) is 10.8 Å². The maximum atomic E-state index is 8.98. The molecular formula is C9H17NO. The Morgan fingerprint density at radius 2 is 2.09 bits per heavy atom. The average Bonchev–Trinajstić information content (AvgIpc) is 1.89. The normalized spacial score (nSPS) is 13.5. The largest absolute Gasteiger partial charge is 0.396 e. The van der Waals surface area contributed by atoms with Gasteiger partial charge in [0.2, 0.25) is 0 Å². The Balaban J connectivity index is 4.32. The van der Waals surface area contributed by atoms with Crippen molar-refractivity contribution in [3.63, 3.8) is 0 Å². The molecule has 0 aromatic carbocycles. The summed E-state index contributed by atoms with van der Waals surface area (Å²) in [6, 6.07) is 2.40. The van der Waals surface area contributed by atoms with E-state index in [9.17, 15) is 0 Å². The monoisotopic (exact) mass is 155 g/mol. The number of hydrogen-bond donors (Lipinski definition) is 2. The van der Waals surface area contributed by atoms with E-state index in [1.54, 1.807) is 0 Å². The van der Waals surface area contributed by atoms with Crippen molar-refractivity contribution in [3.05, 3.63) is 0 Å². The highest BCUT2D eigenvalue weighted by atomic mass is 16.3. The third-order valence-corrected chi connectivity index (χ3v) is 2.13. The number of aliphatic hydroxyl groups is 1. The van der Waals surface area contributed by atoms with E-state index >= 15 is 0 Å². The van der Waals surface area contributed by atoms with Crippen molar-refractivity contribution in [3.8, 4) is 12.0 Å². The van der Waals surface area contributed by atoms with E-state index in [2.05, 4.69) is 12.0 Å². The van der Waals surface area contributed by atoms with Crippen LogP contribution in [-0.2, 0) is 0 Å². The molecule has 0 saturated heterocycles. The second-order valence-corrected chi connectivity index (χ2v) is 3.28. The van der Waals surface area contributed by atoms with Gasteiger partial charge < -0.3 is 10.8 Å². The van der Waals surface area contributed by atoms with Gasteiger partial charge >= 0.3 is 0 Å². The maximum absolute atomic E-state index is 8.98. The highest BCUT2D eigenvalue weighted by Gasteiger charge is 2.25. The Morgan fingerprint density at radius 1 is 1.55 bits per heavy atom. The Morgan fingerprint density at radius 3 is 2.36 bits per heavy atom. The number of hydrogen-bond acceptors (Lipinski definition) is 2. The molecule has 0 radical (unpaired) electrons. The van der Waals surface area contributed by atoms with Crippen LogP contribution in [0.25, 0.3) is 0 Å². The molecule has 0 bridgehead atoms. The van der Waals surface area contributed by atoms with E-state index in [0.717, 1.165) is 6.42 Å². The molecule has 2 nitrogen and oxygen atoms in total. The molecule has 0 aliphatic rings. The molecule has 0 aliphatic carbocycles. The Kier molecular flexibility index (Phi) is 3.99. The molecule has 11 heavy (non-hydrogen) atoms. The fraction of sp³-hybridized carbons (Fsp3) is 0.778. The van der Waals surface area contributed by atoms with Gasteiger partial charge in [0.05, 0.1) is 0 Å². The van der Waals surface area contributed by atoms with Crippen LogP contribution >= 0.6 is 0 Å². The van der Waals surface area contributed by atoms with Crippen molar-refractivity contribution >= 4 is 0 Å². The topological polar surface area (TPSA) is 46.2 Å². The van der Waals surface area contributed by atoms with Crippen LogP contribution in [0.15, 0.2) is 0 Å². The van der Waals surface area contributed by atoms with Gasteiger partial charge in [0.1, 0.15) is 0 Å². The second-order valence-electron chi connectivity index (χ2n) is 3.28. The Labute approximate surface area is 68.8 Å². The van der Waals surface area contributed by atoms with Gasteiger partial charge in [-0.15, -0.1) is 0 Å². The zero-order valence-corrected chi connectivity index (χ0v) is 7.52. The highest BCUT2D eigenvalue weighted by Crippen LogP contribution is 2.27. The molecule has 1 unspecified atom stereocenters. The predicted molar refractivity (Wildman–Crippen MR) is 46.6 cm³/mol. The lowest BCUT2D eigenvalue weighted by atomic mass is 9.78. The first-order chi connectivity index (χ1) is 5.08. The van der Waals surface area contributed by atoms with E-state index in [0.29, 0.717) is 0 Å². The van der Waals surface area contributed by atoms with E-state index < -0.39 is 0 Å². The van der Waals surface area contributed by atoms with Crippen molar-refractivity contribution in [2.24, 2.45) is 17.1 Å². The van der Waals surface area contributed by atoms with Gasteiger partial charge in [0, 0.05) is 18.1 Å². The highest BCUT2D eigenvalue weighted by molar-refractivity contribution is 5.08. The fourth-order valence-electron chi connectivity index (χ4n) is 1.16. The summed E-state index contributed by atoms with van der Waals surface area (Å²) in [4.78, 5) is 0. The summed E-state index contributed by atoms with van der Waals surface area (Å²) >= 11 is 0. The van der Waals surface area contributed by atoms with E-state index in [1.807, 2.05) is 20.8 Å². The molecule has 0 heterocycles. The minimum absolute atomic E-state index is 0.168. The van der Waals surface area contributed by atoms with Crippen LogP contribution in [0.3, 0.4) is 0 Å². The molecule has 0 aromatic rings. The molecule has 2 heteroatoms. The first-order valence-corrected chi connectivity index (χ1v) is 3.92. The summed E-state index contributed by atoms with van der Waals surface area (Å²) in [5, 5.41) is 8.98. The van der Waals surface area contributed by atoms with Gasteiger partial charge in [-0.2, -0.15) is 0 Å². The van der Waals surface area contributed by atoms with Crippen molar-refractivity contribution in [2.45, 2.75) is 27.2 Å². The maximum Gasteiger partial charge on any atom is 0.0473 e. The molecule has 3 N–H and O–H groups in total. The predicted octanol–water partition coefficient (Wildman–Crippen LogP) is 0.951. The standard InChI is InChI=1S/C9H17NO/c1-4-8(7-11)9(2,3)5-6-10/h8,11H,4,7,10H2,1-3H3. The Bertz CT molecular complexity index is 160. The smallest absolute Gasteiger partial charge is 0.0473 e. The summed E-state index contributed by atoms with van der Waals surface area (Å²) in [6.45, 7) is 6.22. The summed E-state index contributed by atoms with van der Waals surface area (Å²) in [6.07, 6.45) is 0.929. The molecule has 0 rings (SSSR count). The molecule has 0 aliphatic heterocycles. The molecular weight excluding hydrogens is 138 g/mol. The zero-order valence-electron chi connectivity index (χ0n) is 7.52. The summed E-state index contributed by atoms with van der Waals surface area (Å²) in [5.74, 6) is 3.11. The van der Waals surface area contributed by atoms with Crippen molar-refractivity contribution in [1.82, 2.24) is 0 Å². The van der Waals surface area contributed by atoms with Gasteiger partial charge in [-0.05, 0) is 26.2 Å². The molecule has 1 atom stereocenters. The lowest BCUT2D eigenvalue weighted by Gasteiger charge is -2.26. The van der Waals surface area contributed by atoms with Gasteiger partial charge in [0.15, 0.2) is 0 Å². The molecule has 0 amide bonds. The number of aliphatic hydroxyl groups excluding tert-OH is 1. The van der Waals surface area contributed by atoms with Crippen LogP contribution in [0.4, 0.5) is 0 Å². The Hall–Kier alpha value is -0.680. The van der Waals surface area contributed by atoms with Crippen LogP contribution in [0.5, 0.6) is 0 Å². The lowest BCUT2D eigenvalue weighted by Crippen LogP contribution is -2.25.